The third-order valence-corrected chi connectivity index (χ3v) is 2.29. The van der Waals surface area contributed by atoms with Gasteiger partial charge in [-0.2, -0.15) is 5.10 Å². The maximum atomic E-state index is 5.53. The molecule has 15 heavy (non-hydrogen) atoms. The number of hydrogen-bond donors (Lipinski definition) is 1. The average molecular weight is 206 g/mol. The molecule has 0 fully saturated rings. The van der Waals surface area contributed by atoms with Crippen molar-refractivity contribution in [3.63, 3.8) is 0 Å². The Labute approximate surface area is 87.7 Å². The highest BCUT2D eigenvalue weighted by Gasteiger charge is 2.07. The van der Waals surface area contributed by atoms with Gasteiger partial charge in [0.1, 0.15) is 18.2 Å². The van der Waals surface area contributed by atoms with Crippen molar-refractivity contribution in [1.29, 1.82) is 0 Å². The number of rotatable bonds is 3. The van der Waals surface area contributed by atoms with Crippen LogP contribution in [0.5, 0.6) is 0 Å². The number of hydrogen-bond acceptors (Lipinski definition) is 4. The Bertz CT molecular complexity index is 455. The van der Waals surface area contributed by atoms with Crippen LogP contribution in [0, 0.1) is 6.92 Å². The number of aromatic nitrogens is 5. The standard InChI is InChI=1S/C9H14N6/c1-3-15-7(2)11-12-9(15)6-14-5-4-8(10)13-14/h4-5H,3,6H2,1-2H3,(H2,10,13). The minimum absolute atomic E-state index is 0.522. The number of anilines is 1. The van der Waals surface area contributed by atoms with Crippen LogP contribution < -0.4 is 5.73 Å². The maximum Gasteiger partial charge on any atom is 0.154 e. The molecule has 0 amide bonds. The molecule has 0 atom stereocenters. The van der Waals surface area contributed by atoms with Gasteiger partial charge >= 0.3 is 0 Å². The van der Waals surface area contributed by atoms with Crippen LogP contribution in [0.1, 0.15) is 18.6 Å². The van der Waals surface area contributed by atoms with Crippen LogP contribution in [-0.2, 0) is 13.1 Å². The molecule has 0 spiro atoms. The number of nitrogen functional groups attached to an aromatic ring is 1. The highest BCUT2D eigenvalue weighted by molar-refractivity contribution is 5.23. The highest BCUT2D eigenvalue weighted by Crippen LogP contribution is 2.04. The van der Waals surface area contributed by atoms with E-state index in [0.29, 0.717) is 12.4 Å². The lowest BCUT2D eigenvalue weighted by atomic mass is 10.5. The van der Waals surface area contributed by atoms with Crippen LogP contribution in [0.15, 0.2) is 12.3 Å². The lowest BCUT2D eigenvalue weighted by molar-refractivity contribution is 0.602. The molecule has 2 rings (SSSR count). The van der Waals surface area contributed by atoms with Crippen molar-refractivity contribution < 1.29 is 0 Å². The van der Waals surface area contributed by atoms with E-state index in [1.54, 1.807) is 10.7 Å². The Morgan fingerprint density at radius 3 is 2.80 bits per heavy atom. The quantitative estimate of drug-likeness (QED) is 0.790. The molecule has 2 N–H and O–H groups in total. The minimum Gasteiger partial charge on any atom is -0.382 e. The summed E-state index contributed by atoms with van der Waals surface area (Å²) < 4.78 is 3.81. The molecule has 2 aromatic heterocycles. The lowest BCUT2D eigenvalue weighted by Gasteiger charge is -2.04. The van der Waals surface area contributed by atoms with Gasteiger partial charge in [-0.15, -0.1) is 10.2 Å². The van der Waals surface area contributed by atoms with Crippen molar-refractivity contribution in [2.24, 2.45) is 0 Å². The van der Waals surface area contributed by atoms with E-state index in [0.717, 1.165) is 18.2 Å². The monoisotopic (exact) mass is 206 g/mol. The van der Waals surface area contributed by atoms with Crippen molar-refractivity contribution in [3.05, 3.63) is 23.9 Å². The molecule has 0 aliphatic rings. The molecule has 0 radical (unpaired) electrons. The van der Waals surface area contributed by atoms with Gasteiger partial charge < -0.3 is 10.3 Å². The second-order valence-electron chi connectivity index (χ2n) is 3.35. The fourth-order valence-electron chi connectivity index (χ4n) is 1.56. The molecule has 6 heteroatoms. The Morgan fingerprint density at radius 1 is 1.40 bits per heavy atom. The van der Waals surface area contributed by atoms with Gasteiger partial charge in [-0.1, -0.05) is 0 Å². The van der Waals surface area contributed by atoms with Crippen LogP contribution in [0.3, 0.4) is 0 Å². The van der Waals surface area contributed by atoms with Crippen molar-refractivity contribution in [3.8, 4) is 0 Å². The molecule has 0 bridgehead atoms. The lowest BCUT2D eigenvalue weighted by Crippen LogP contribution is -2.09. The predicted octanol–water partition coefficient (Wildman–Crippen LogP) is 0.433. The van der Waals surface area contributed by atoms with Gasteiger partial charge in [0.15, 0.2) is 5.82 Å². The van der Waals surface area contributed by atoms with Crippen LogP contribution in [-0.4, -0.2) is 24.5 Å². The second-order valence-corrected chi connectivity index (χ2v) is 3.35. The van der Waals surface area contributed by atoms with Gasteiger partial charge in [0.05, 0.1) is 0 Å². The molecule has 0 saturated heterocycles. The van der Waals surface area contributed by atoms with E-state index in [4.69, 9.17) is 5.73 Å². The Morgan fingerprint density at radius 2 is 2.20 bits per heavy atom. The number of nitrogens with two attached hydrogens (primary N) is 1. The van der Waals surface area contributed by atoms with Gasteiger partial charge in [-0.25, -0.2) is 0 Å². The van der Waals surface area contributed by atoms with Crippen molar-refractivity contribution in [1.82, 2.24) is 24.5 Å². The van der Waals surface area contributed by atoms with Crippen molar-refractivity contribution in [2.45, 2.75) is 26.9 Å². The first-order valence-corrected chi connectivity index (χ1v) is 4.88. The highest BCUT2D eigenvalue weighted by atomic mass is 15.3. The predicted molar refractivity (Wildman–Crippen MR) is 56.2 cm³/mol. The molecule has 0 aliphatic carbocycles. The molecular weight excluding hydrogens is 192 g/mol. The summed E-state index contributed by atoms with van der Waals surface area (Å²) in [5.41, 5.74) is 5.53. The summed E-state index contributed by atoms with van der Waals surface area (Å²) in [4.78, 5) is 0. The van der Waals surface area contributed by atoms with Gasteiger partial charge in [0, 0.05) is 12.7 Å². The molecule has 2 aromatic rings. The maximum absolute atomic E-state index is 5.53. The summed E-state index contributed by atoms with van der Waals surface area (Å²) in [6.07, 6.45) is 1.83. The topological polar surface area (TPSA) is 74.5 Å². The fraction of sp³-hybridized carbons (Fsp3) is 0.444. The summed E-state index contributed by atoms with van der Waals surface area (Å²) in [6, 6.07) is 1.76. The van der Waals surface area contributed by atoms with Crippen LogP contribution in [0.25, 0.3) is 0 Å². The minimum atomic E-state index is 0.522. The van der Waals surface area contributed by atoms with Crippen molar-refractivity contribution >= 4 is 5.82 Å². The van der Waals surface area contributed by atoms with Gasteiger partial charge in [-0.3, -0.25) is 4.68 Å². The van der Waals surface area contributed by atoms with E-state index < -0.39 is 0 Å². The van der Waals surface area contributed by atoms with E-state index in [2.05, 4.69) is 26.8 Å². The zero-order chi connectivity index (χ0) is 10.8. The van der Waals surface area contributed by atoms with E-state index in [1.807, 2.05) is 13.1 Å². The summed E-state index contributed by atoms with van der Waals surface area (Å²) in [6.45, 7) is 5.48. The SMILES string of the molecule is CCn1c(C)nnc1Cn1ccc(N)n1. The van der Waals surface area contributed by atoms with E-state index in [1.165, 1.54) is 0 Å². The number of aryl methyl sites for hydroxylation is 1. The fourth-order valence-corrected chi connectivity index (χ4v) is 1.56. The van der Waals surface area contributed by atoms with Gasteiger partial charge in [0.2, 0.25) is 0 Å². The van der Waals surface area contributed by atoms with E-state index >= 15 is 0 Å². The summed E-state index contributed by atoms with van der Waals surface area (Å²) in [5, 5.41) is 12.2. The van der Waals surface area contributed by atoms with E-state index in [9.17, 15) is 0 Å². The molecule has 0 unspecified atom stereocenters. The molecule has 0 aromatic carbocycles. The van der Waals surface area contributed by atoms with Crippen molar-refractivity contribution in [2.75, 3.05) is 5.73 Å². The molecule has 0 aliphatic heterocycles. The first kappa shape index (κ1) is 9.70. The molecule has 80 valence electrons. The Hall–Kier alpha value is -1.85. The average Bonchev–Trinajstić information content (AvgIpc) is 2.75. The third kappa shape index (κ3) is 1.83. The van der Waals surface area contributed by atoms with Crippen LogP contribution >= 0.6 is 0 Å². The smallest absolute Gasteiger partial charge is 0.154 e. The van der Waals surface area contributed by atoms with Crippen LogP contribution in [0.4, 0.5) is 5.82 Å². The van der Waals surface area contributed by atoms with Gasteiger partial charge in [0.25, 0.3) is 0 Å². The van der Waals surface area contributed by atoms with E-state index in [-0.39, 0.29) is 0 Å². The summed E-state index contributed by atoms with van der Waals surface area (Å²) in [5.74, 6) is 2.35. The Balaban J connectivity index is 2.24. The first-order chi connectivity index (χ1) is 7.20. The zero-order valence-corrected chi connectivity index (χ0v) is 8.88. The molecule has 6 nitrogen and oxygen atoms in total. The molecular formula is C9H14N6. The first-order valence-electron chi connectivity index (χ1n) is 4.88. The zero-order valence-electron chi connectivity index (χ0n) is 8.88. The molecule has 2 heterocycles. The van der Waals surface area contributed by atoms with Gasteiger partial charge in [-0.05, 0) is 19.9 Å². The second kappa shape index (κ2) is 3.72. The Kier molecular flexibility index (Phi) is 2.40. The van der Waals surface area contributed by atoms with Crippen LogP contribution in [0.2, 0.25) is 0 Å². The summed E-state index contributed by atoms with van der Waals surface area (Å²) >= 11 is 0. The number of nitrogens with zero attached hydrogens (tertiary/aromatic N) is 5. The largest absolute Gasteiger partial charge is 0.382 e. The summed E-state index contributed by atoms with van der Waals surface area (Å²) in [7, 11) is 0. The molecule has 0 saturated carbocycles. The normalized spacial score (nSPS) is 10.8. The third-order valence-electron chi connectivity index (χ3n) is 2.29.